The Labute approximate surface area is 172 Å². The van der Waals surface area contributed by atoms with Gasteiger partial charge in [-0.3, -0.25) is 19.4 Å². The third-order valence-electron chi connectivity index (χ3n) is 5.38. The van der Waals surface area contributed by atoms with Crippen LogP contribution in [-0.4, -0.2) is 56.7 Å². The minimum atomic E-state index is 0.121. The van der Waals surface area contributed by atoms with Crippen LogP contribution < -0.4 is 0 Å². The number of piperazine rings is 1. The summed E-state index contributed by atoms with van der Waals surface area (Å²) in [5, 5.41) is 7.06. The average Bonchev–Trinajstić information content (AvgIpc) is 3.03. The highest BCUT2D eigenvalue weighted by molar-refractivity contribution is 7.71. The summed E-state index contributed by atoms with van der Waals surface area (Å²) in [4.78, 5) is 17.1. The molecular weight excluding hydrogens is 370 g/mol. The van der Waals surface area contributed by atoms with E-state index in [0.29, 0.717) is 10.7 Å². The van der Waals surface area contributed by atoms with Gasteiger partial charge in [-0.1, -0.05) is 45.0 Å². The predicted molar refractivity (Wildman–Crippen MR) is 114 cm³/mol. The highest BCUT2D eigenvalue weighted by Gasteiger charge is 2.22. The summed E-state index contributed by atoms with van der Waals surface area (Å²) in [6.07, 6.45) is 1.80. The molecule has 1 amide bonds. The Balaban J connectivity index is 1.51. The Kier molecular flexibility index (Phi) is 7.02. The third-order valence-corrected chi connectivity index (χ3v) is 5.69. The zero-order chi connectivity index (χ0) is 20.1. The maximum Gasteiger partial charge on any atom is 0.242 e. The van der Waals surface area contributed by atoms with Crippen molar-refractivity contribution in [3.05, 3.63) is 46.0 Å². The smallest absolute Gasteiger partial charge is 0.242 e. The van der Waals surface area contributed by atoms with Gasteiger partial charge in [0.15, 0.2) is 4.77 Å². The zero-order valence-electron chi connectivity index (χ0n) is 17.1. The van der Waals surface area contributed by atoms with Crippen LogP contribution in [0.25, 0.3) is 0 Å². The van der Waals surface area contributed by atoms with Crippen LogP contribution in [0.1, 0.15) is 50.1 Å². The second-order valence-electron chi connectivity index (χ2n) is 7.83. The standard InChI is InChI=1S/C21H31N5OS/c1-4-5-19-22-23-21(28)26(19)15-20(27)25-12-10-24(11-13-25)14-17-6-8-18(9-7-17)16(2)3/h6-9,16H,4-5,10-15H2,1-3H3,(H,23,28). The molecule has 1 N–H and O–H groups in total. The number of amides is 1. The number of benzene rings is 1. The third kappa shape index (κ3) is 5.08. The maximum absolute atomic E-state index is 12.7. The number of H-pyrrole nitrogens is 1. The molecule has 0 unspecified atom stereocenters. The van der Waals surface area contributed by atoms with Gasteiger partial charge in [-0.05, 0) is 35.7 Å². The van der Waals surface area contributed by atoms with Gasteiger partial charge in [0.2, 0.25) is 5.91 Å². The van der Waals surface area contributed by atoms with Crippen LogP contribution in [0.5, 0.6) is 0 Å². The average molecular weight is 402 g/mol. The highest BCUT2D eigenvalue weighted by atomic mass is 32.1. The number of aromatic nitrogens is 3. The van der Waals surface area contributed by atoms with E-state index in [2.05, 4.69) is 60.1 Å². The molecule has 0 atom stereocenters. The van der Waals surface area contributed by atoms with Crippen molar-refractivity contribution in [3.63, 3.8) is 0 Å². The van der Waals surface area contributed by atoms with Gasteiger partial charge < -0.3 is 4.90 Å². The normalized spacial score (nSPS) is 15.4. The second kappa shape index (κ2) is 9.47. The van der Waals surface area contributed by atoms with Gasteiger partial charge in [0.1, 0.15) is 12.4 Å². The van der Waals surface area contributed by atoms with E-state index in [1.165, 1.54) is 11.1 Å². The molecule has 1 aliphatic rings. The number of hydrogen-bond donors (Lipinski definition) is 1. The van der Waals surface area contributed by atoms with Crippen molar-refractivity contribution < 1.29 is 4.79 Å². The fourth-order valence-corrected chi connectivity index (χ4v) is 3.80. The summed E-state index contributed by atoms with van der Waals surface area (Å²) in [5.41, 5.74) is 2.71. The van der Waals surface area contributed by atoms with E-state index in [4.69, 9.17) is 12.2 Å². The molecule has 0 bridgehead atoms. The van der Waals surface area contributed by atoms with E-state index in [9.17, 15) is 4.79 Å². The van der Waals surface area contributed by atoms with Gasteiger partial charge in [-0.2, -0.15) is 5.10 Å². The molecule has 0 saturated carbocycles. The maximum atomic E-state index is 12.7. The molecule has 0 spiro atoms. The molecule has 1 aromatic carbocycles. The fourth-order valence-electron chi connectivity index (χ4n) is 3.58. The lowest BCUT2D eigenvalue weighted by molar-refractivity contribution is -0.133. The number of rotatable bonds is 7. The fraction of sp³-hybridized carbons (Fsp3) is 0.571. The minimum absolute atomic E-state index is 0.121. The lowest BCUT2D eigenvalue weighted by atomic mass is 10.0. The molecule has 1 aromatic heterocycles. The summed E-state index contributed by atoms with van der Waals surface area (Å²) in [6.45, 7) is 11.1. The minimum Gasteiger partial charge on any atom is -0.339 e. The van der Waals surface area contributed by atoms with Gasteiger partial charge >= 0.3 is 0 Å². The monoisotopic (exact) mass is 401 g/mol. The van der Waals surface area contributed by atoms with Crippen LogP contribution in [0.4, 0.5) is 0 Å². The largest absolute Gasteiger partial charge is 0.339 e. The quantitative estimate of drug-likeness (QED) is 0.723. The van der Waals surface area contributed by atoms with Crippen LogP contribution >= 0.6 is 12.2 Å². The summed E-state index contributed by atoms with van der Waals surface area (Å²) in [6, 6.07) is 8.90. The van der Waals surface area contributed by atoms with E-state index < -0.39 is 0 Å². The molecule has 7 heteroatoms. The number of nitrogens with one attached hydrogen (secondary N) is 1. The first-order chi connectivity index (χ1) is 13.5. The molecule has 152 valence electrons. The molecule has 1 fully saturated rings. The highest BCUT2D eigenvalue weighted by Crippen LogP contribution is 2.16. The number of hydrogen-bond acceptors (Lipinski definition) is 4. The number of nitrogens with zero attached hydrogens (tertiary/aromatic N) is 4. The van der Waals surface area contributed by atoms with Gasteiger partial charge in [-0.25, -0.2) is 0 Å². The molecule has 1 aliphatic heterocycles. The predicted octanol–water partition coefficient (Wildman–Crippen LogP) is 3.36. The number of carbonyl (C=O) groups is 1. The van der Waals surface area contributed by atoms with E-state index >= 15 is 0 Å². The molecule has 6 nitrogen and oxygen atoms in total. The Hall–Kier alpha value is -1.99. The zero-order valence-corrected chi connectivity index (χ0v) is 18.0. The van der Waals surface area contributed by atoms with Gasteiger partial charge in [0, 0.05) is 39.1 Å². The Morgan fingerprint density at radius 2 is 1.86 bits per heavy atom. The van der Waals surface area contributed by atoms with Crippen molar-refractivity contribution in [3.8, 4) is 0 Å². The van der Waals surface area contributed by atoms with Crippen LogP contribution in [0.15, 0.2) is 24.3 Å². The van der Waals surface area contributed by atoms with Crippen LogP contribution in [0, 0.1) is 4.77 Å². The van der Waals surface area contributed by atoms with Crippen LogP contribution in [0.3, 0.4) is 0 Å². The first kappa shape index (κ1) is 20.7. The first-order valence-corrected chi connectivity index (χ1v) is 10.6. The van der Waals surface area contributed by atoms with Crippen molar-refractivity contribution in [1.29, 1.82) is 0 Å². The topological polar surface area (TPSA) is 57.2 Å². The van der Waals surface area contributed by atoms with Crippen molar-refractivity contribution in [2.24, 2.45) is 0 Å². The Morgan fingerprint density at radius 3 is 2.46 bits per heavy atom. The molecule has 28 heavy (non-hydrogen) atoms. The van der Waals surface area contributed by atoms with Gasteiger partial charge in [-0.15, -0.1) is 0 Å². The Bertz CT molecular complexity index is 831. The lowest BCUT2D eigenvalue weighted by Gasteiger charge is -2.35. The van der Waals surface area contributed by atoms with E-state index in [1.54, 1.807) is 0 Å². The van der Waals surface area contributed by atoms with Crippen LogP contribution in [-0.2, 0) is 24.3 Å². The first-order valence-electron chi connectivity index (χ1n) is 10.2. The van der Waals surface area contributed by atoms with Gasteiger partial charge in [0.25, 0.3) is 0 Å². The summed E-state index contributed by atoms with van der Waals surface area (Å²) < 4.78 is 2.37. The Morgan fingerprint density at radius 1 is 1.18 bits per heavy atom. The lowest BCUT2D eigenvalue weighted by Crippen LogP contribution is -2.49. The van der Waals surface area contributed by atoms with Crippen molar-refractivity contribution >= 4 is 18.1 Å². The molecule has 2 heterocycles. The van der Waals surface area contributed by atoms with Crippen molar-refractivity contribution in [2.75, 3.05) is 26.2 Å². The molecule has 1 saturated heterocycles. The summed E-state index contributed by atoms with van der Waals surface area (Å²) in [7, 11) is 0. The summed E-state index contributed by atoms with van der Waals surface area (Å²) >= 11 is 5.29. The molecule has 2 aromatic rings. The van der Waals surface area contributed by atoms with E-state index in [1.807, 2.05) is 9.47 Å². The van der Waals surface area contributed by atoms with E-state index in [0.717, 1.165) is 51.4 Å². The SMILES string of the molecule is CCCc1n[nH]c(=S)n1CC(=O)N1CCN(Cc2ccc(C(C)C)cc2)CC1. The second-order valence-corrected chi connectivity index (χ2v) is 8.22. The number of aryl methyl sites for hydroxylation is 1. The van der Waals surface area contributed by atoms with Crippen molar-refractivity contribution in [1.82, 2.24) is 24.6 Å². The van der Waals surface area contributed by atoms with E-state index in [-0.39, 0.29) is 12.5 Å². The molecule has 0 aliphatic carbocycles. The van der Waals surface area contributed by atoms with Crippen LogP contribution in [0.2, 0.25) is 0 Å². The molecular formula is C21H31N5OS. The number of aromatic amines is 1. The van der Waals surface area contributed by atoms with Gasteiger partial charge in [0.05, 0.1) is 0 Å². The molecule has 3 rings (SSSR count). The van der Waals surface area contributed by atoms with Crippen molar-refractivity contribution in [2.45, 2.75) is 52.6 Å². The summed E-state index contributed by atoms with van der Waals surface area (Å²) in [5.74, 6) is 1.55. The number of carbonyl (C=O) groups excluding carboxylic acids is 1. The molecule has 0 radical (unpaired) electrons.